The molecular formula is C24H35N5O3S. The summed E-state index contributed by atoms with van der Waals surface area (Å²) < 4.78 is 4.99. The summed E-state index contributed by atoms with van der Waals surface area (Å²) in [5, 5.41) is 8.47. The first-order chi connectivity index (χ1) is 15.9. The van der Waals surface area contributed by atoms with E-state index in [9.17, 15) is 9.59 Å². The maximum Gasteiger partial charge on any atom is 0.240 e. The minimum Gasteiger partial charge on any atom is -0.385 e. The monoisotopic (exact) mass is 473 g/mol. The molecule has 0 aliphatic carbocycles. The van der Waals surface area contributed by atoms with E-state index in [4.69, 9.17) is 4.74 Å². The third kappa shape index (κ3) is 7.60. The lowest BCUT2D eigenvalue weighted by molar-refractivity contribution is -0.123. The van der Waals surface area contributed by atoms with Crippen molar-refractivity contribution in [3.63, 3.8) is 0 Å². The van der Waals surface area contributed by atoms with Gasteiger partial charge in [0.15, 0.2) is 5.13 Å². The summed E-state index contributed by atoms with van der Waals surface area (Å²) >= 11 is 1.45. The Kier molecular flexibility index (Phi) is 9.37. The lowest BCUT2D eigenvalue weighted by Gasteiger charge is -2.33. The zero-order chi connectivity index (χ0) is 23.8. The van der Waals surface area contributed by atoms with E-state index >= 15 is 0 Å². The molecule has 1 aliphatic heterocycles. The van der Waals surface area contributed by atoms with E-state index in [0.717, 1.165) is 43.9 Å². The Bertz CT molecular complexity index is 954. The minimum absolute atomic E-state index is 0.0378. The van der Waals surface area contributed by atoms with Crippen molar-refractivity contribution in [2.24, 2.45) is 0 Å². The molecular weight excluding hydrogens is 438 g/mol. The van der Waals surface area contributed by atoms with Crippen LogP contribution >= 0.6 is 11.3 Å². The zero-order valence-corrected chi connectivity index (χ0v) is 20.9. The molecule has 9 heteroatoms. The predicted octanol–water partition coefficient (Wildman–Crippen LogP) is 2.44. The molecule has 0 saturated carbocycles. The fourth-order valence-electron chi connectivity index (χ4n) is 3.86. The first-order valence-electron chi connectivity index (χ1n) is 11.4. The minimum atomic E-state index is -0.0583. The summed E-state index contributed by atoms with van der Waals surface area (Å²) in [5.41, 5.74) is 5.68. The molecule has 8 nitrogen and oxygen atoms in total. The Hall–Kier alpha value is -2.33. The van der Waals surface area contributed by atoms with Crippen molar-refractivity contribution in [2.75, 3.05) is 64.8 Å². The molecule has 1 aliphatic rings. The van der Waals surface area contributed by atoms with Gasteiger partial charge in [0.25, 0.3) is 0 Å². The van der Waals surface area contributed by atoms with Gasteiger partial charge in [-0.15, -0.1) is 11.3 Å². The van der Waals surface area contributed by atoms with Gasteiger partial charge < -0.3 is 15.4 Å². The smallest absolute Gasteiger partial charge is 0.240 e. The molecule has 2 aromatic rings. The van der Waals surface area contributed by atoms with E-state index in [2.05, 4.69) is 58.3 Å². The molecule has 0 unspecified atom stereocenters. The Morgan fingerprint density at radius 3 is 2.30 bits per heavy atom. The number of thiazole rings is 1. The van der Waals surface area contributed by atoms with Crippen LogP contribution < -0.4 is 10.6 Å². The van der Waals surface area contributed by atoms with Crippen LogP contribution in [0.1, 0.15) is 23.1 Å². The fraction of sp³-hybridized carbons (Fsp3) is 0.542. The Morgan fingerprint density at radius 2 is 1.64 bits per heavy atom. The number of aryl methyl sites for hydroxylation is 3. The van der Waals surface area contributed by atoms with E-state index in [1.165, 1.54) is 28.0 Å². The SMILES string of the molecule is COCCCNC(=O)CN1CCN(CC(=O)Nc2nc(-c3cc(C)c(C)cc3C)cs2)CC1. The summed E-state index contributed by atoms with van der Waals surface area (Å²) in [6, 6.07) is 4.33. The predicted molar refractivity (Wildman–Crippen MR) is 133 cm³/mol. The molecule has 1 aromatic carbocycles. The second-order valence-corrected chi connectivity index (χ2v) is 9.44. The van der Waals surface area contributed by atoms with Crippen molar-refractivity contribution < 1.29 is 14.3 Å². The molecule has 180 valence electrons. The van der Waals surface area contributed by atoms with Crippen molar-refractivity contribution in [3.8, 4) is 11.3 Å². The fourth-order valence-corrected chi connectivity index (χ4v) is 4.59. The first kappa shape index (κ1) is 25.3. The molecule has 1 aromatic heterocycles. The van der Waals surface area contributed by atoms with Crippen LogP contribution in [0.2, 0.25) is 0 Å². The number of carbonyl (C=O) groups excluding carboxylic acids is 2. The van der Waals surface area contributed by atoms with Gasteiger partial charge in [-0.2, -0.15) is 0 Å². The maximum atomic E-state index is 12.5. The Balaban J connectivity index is 1.42. The van der Waals surface area contributed by atoms with Crippen LogP contribution in [0.25, 0.3) is 11.3 Å². The highest BCUT2D eigenvalue weighted by Gasteiger charge is 2.21. The summed E-state index contributed by atoms with van der Waals surface area (Å²) in [7, 11) is 1.66. The molecule has 1 saturated heterocycles. The van der Waals surface area contributed by atoms with Crippen molar-refractivity contribution in [2.45, 2.75) is 27.2 Å². The third-order valence-corrected chi connectivity index (χ3v) is 6.67. The van der Waals surface area contributed by atoms with Gasteiger partial charge in [0.2, 0.25) is 11.8 Å². The topological polar surface area (TPSA) is 86.8 Å². The highest BCUT2D eigenvalue weighted by molar-refractivity contribution is 7.14. The lowest BCUT2D eigenvalue weighted by Crippen LogP contribution is -2.51. The van der Waals surface area contributed by atoms with Crippen molar-refractivity contribution in [1.82, 2.24) is 20.1 Å². The largest absolute Gasteiger partial charge is 0.385 e. The van der Waals surface area contributed by atoms with E-state index in [0.29, 0.717) is 31.4 Å². The van der Waals surface area contributed by atoms with Gasteiger partial charge in [-0.05, 0) is 49.9 Å². The number of rotatable bonds is 10. The lowest BCUT2D eigenvalue weighted by atomic mass is 9.99. The molecule has 1 fully saturated rings. The highest BCUT2D eigenvalue weighted by Crippen LogP contribution is 2.29. The highest BCUT2D eigenvalue weighted by atomic mass is 32.1. The van der Waals surface area contributed by atoms with Gasteiger partial charge in [0, 0.05) is 57.4 Å². The van der Waals surface area contributed by atoms with Gasteiger partial charge in [0.1, 0.15) is 0 Å². The van der Waals surface area contributed by atoms with E-state index in [1.54, 1.807) is 7.11 Å². The van der Waals surface area contributed by atoms with Crippen LogP contribution in [0, 0.1) is 20.8 Å². The molecule has 3 rings (SSSR count). The first-order valence-corrected chi connectivity index (χ1v) is 12.3. The molecule has 2 N–H and O–H groups in total. The second kappa shape index (κ2) is 12.2. The number of nitrogens with zero attached hydrogens (tertiary/aromatic N) is 3. The number of hydrogen-bond donors (Lipinski definition) is 2. The number of hydrogen-bond acceptors (Lipinski definition) is 7. The average Bonchev–Trinajstić information content (AvgIpc) is 3.23. The van der Waals surface area contributed by atoms with Crippen molar-refractivity contribution in [3.05, 3.63) is 34.2 Å². The molecule has 33 heavy (non-hydrogen) atoms. The van der Waals surface area contributed by atoms with Gasteiger partial charge in [-0.25, -0.2) is 4.98 Å². The van der Waals surface area contributed by atoms with E-state index in [1.807, 2.05) is 5.38 Å². The zero-order valence-electron chi connectivity index (χ0n) is 20.1. The number of anilines is 1. The molecule has 2 heterocycles. The van der Waals surface area contributed by atoms with Crippen LogP contribution in [0.15, 0.2) is 17.5 Å². The van der Waals surface area contributed by atoms with Gasteiger partial charge in [-0.1, -0.05) is 6.07 Å². The second-order valence-electron chi connectivity index (χ2n) is 8.59. The number of carbonyl (C=O) groups is 2. The molecule has 0 bridgehead atoms. The van der Waals surface area contributed by atoms with Crippen LogP contribution in [-0.2, 0) is 14.3 Å². The number of nitrogens with one attached hydrogen (secondary N) is 2. The van der Waals surface area contributed by atoms with E-state index in [-0.39, 0.29) is 11.8 Å². The average molecular weight is 474 g/mol. The van der Waals surface area contributed by atoms with Gasteiger partial charge in [0.05, 0.1) is 18.8 Å². The number of benzene rings is 1. The van der Waals surface area contributed by atoms with Crippen LogP contribution in [-0.4, -0.2) is 86.1 Å². The summed E-state index contributed by atoms with van der Waals surface area (Å²) in [6.45, 7) is 11.4. The normalized spacial score (nSPS) is 14.9. The van der Waals surface area contributed by atoms with Crippen LogP contribution in [0.3, 0.4) is 0 Å². The quantitative estimate of drug-likeness (QED) is 0.516. The van der Waals surface area contributed by atoms with Crippen molar-refractivity contribution in [1.29, 1.82) is 0 Å². The number of amides is 2. The number of ether oxygens (including phenoxy) is 1. The summed E-state index contributed by atoms with van der Waals surface area (Å²) in [4.78, 5) is 33.4. The van der Waals surface area contributed by atoms with Crippen LogP contribution in [0.5, 0.6) is 0 Å². The number of aromatic nitrogens is 1. The third-order valence-electron chi connectivity index (χ3n) is 5.91. The number of methoxy groups -OCH3 is 1. The Morgan fingerprint density at radius 1 is 1.00 bits per heavy atom. The van der Waals surface area contributed by atoms with E-state index < -0.39 is 0 Å². The molecule has 0 spiro atoms. The summed E-state index contributed by atoms with van der Waals surface area (Å²) in [5.74, 6) is -0.0204. The Labute approximate surface area is 200 Å². The maximum absolute atomic E-state index is 12.5. The van der Waals surface area contributed by atoms with Crippen LogP contribution in [0.4, 0.5) is 5.13 Å². The number of piperazine rings is 1. The molecule has 0 atom stereocenters. The van der Waals surface area contributed by atoms with Gasteiger partial charge in [-0.3, -0.25) is 19.4 Å². The molecule has 2 amide bonds. The standard InChI is InChI=1S/C24H35N5O3S/c1-17-12-19(3)20(13-18(17)2)21-16-33-24(26-21)27-23(31)15-29-9-7-28(8-10-29)14-22(30)25-6-5-11-32-4/h12-13,16H,5-11,14-15H2,1-4H3,(H,25,30)(H,26,27,31). The van der Waals surface area contributed by atoms with Crippen molar-refractivity contribution >= 4 is 28.3 Å². The van der Waals surface area contributed by atoms with Gasteiger partial charge >= 0.3 is 0 Å². The summed E-state index contributed by atoms with van der Waals surface area (Å²) in [6.07, 6.45) is 0.815. The molecule has 0 radical (unpaired) electrons.